The Morgan fingerprint density at radius 1 is 0.971 bits per heavy atom. The van der Waals surface area contributed by atoms with Gasteiger partial charge >= 0.3 is 12.1 Å². The first-order valence-electron chi connectivity index (χ1n) is 12.1. The van der Waals surface area contributed by atoms with Gasteiger partial charge in [-0.15, -0.1) is 0 Å². The van der Waals surface area contributed by atoms with Crippen LogP contribution < -0.4 is 10.6 Å². The van der Waals surface area contributed by atoms with E-state index in [9.17, 15) is 19.5 Å². The van der Waals surface area contributed by atoms with Crippen molar-refractivity contribution in [2.75, 3.05) is 20.3 Å². The van der Waals surface area contributed by atoms with Gasteiger partial charge in [0, 0.05) is 32.1 Å². The number of methoxy groups -OCH3 is 1. The van der Waals surface area contributed by atoms with Gasteiger partial charge in [-0.3, -0.25) is 4.79 Å². The Kier molecular flexibility index (Phi) is 9.66. The van der Waals surface area contributed by atoms with E-state index >= 15 is 0 Å². The van der Waals surface area contributed by atoms with Crippen molar-refractivity contribution in [2.24, 2.45) is 0 Å². The number of alkyl carbamates (subject to hydrolysis) is 1. The Hall–Kier alpha value is -3.39. The van der Waals surface area contributed by atoms with Gasteiger partial charge < -0.3 is 25.2 Å². The van der Waals surface area contributed by atoms with Crippen LogP contribution in [0.2, 0.25) is 0 Å². The van der Waals surface area contributed by atoms with Crippen molar-refractivity contribution in [1.82, 2.24) is 10.6 Å². The number of nitrogens with one attached hydrogen (secondary N) is 2. The standard InChI is InChI=1S/C27H34N2O6/c1-3-18(14-15-25(30)29-24(26(31)32)13-8-16-34-2)28-27(33)35-17-23-21-11-6-4-9-19(21)20-10-5-7-12-22(20)23/h4-7,9-12,18,23-24H,3,8,13-17H2,1-2H3,(H,28,33)(H,29,30)(H,31,32). The van der Waals surface area contributed by atoms with Crippen LogP contribution in [0.3, 0.4) is 0 Å². The summed E-state index contributed by atoms with van der Waals surface area (Å²) in [7, 11) is 1.54. The van der Waals surface area contributed by atoms with Crippen LogP contribution in [0, 0.1) is 0 Å². The van der Waals surface area contributed by atoms with Crippen molar-refractivity contribution in [3.8, 4) is 11.1 Å². The van der Waals surface area contributed by atoms with Gasteiger partial charge in [-0.05, 0) is 47.9 Å². The minimum Gasteiger partial charge on any atom is -0.480 e. The molecule has 0 bridgehead atoms. The van der Waals surface area contributed by atoms with Crippen LogP contribution in [-0.2, 0) is 19.1 Å². The molecule has 3 N–H and O–H groups in total. The van der Waals surface area contributed by atoms with Crippen LogP contribution in [-0.4, -0.2) is 55.5 Å². The van der Waals surface area contributed by atoms with E-state index < -0.39 is 18.1 Å². The second kappa shape index (κ2) is 12.9. The summed E-state index contributed by atoms with van der Waals surface area (Å²) < 4.78 is 10.5. The van der Waals surface area contributed by atoms with E-state index in [1.807, 2.05) is 31.2 Å². The zero-order valence-electron chi connectivity index (χ0n) is 20.3. The summed E-state index contributed by atoms with van der Waals surface area (Å²) in [5.41, 5.74) is 4.61. The van der Waals surface area contributed by atoms with Gasteiger partial charge in [0.1, 0.15) is 12.6 Å². The van der Waals surface area contributed by atoms with E-state index in [1.165, 1.54) is 0 Å². The third kappa shape index (κ3) is 7.05. The fraction of sp³-hybridized carbons (Fsp3) is 0.444. The molecule has 0 radical (unpaired) electrons. The van der Waals surface area contributed by atoms with Crippen molar-refractivity contribution in [3.63, 3.8) is 0 Å². The number of hydrogen-bond donors (Lipinski definition) is 3. The predicted molar refractivity (Wildman–Crippen MR) is 132 cm³/mol. The molecule has 2 aromatic rings. The molecule has 1 aliphatic carbocycles. The van der Waals surface area contributed by atoms with E-state index in [-0.39, 0.29) is 30.9 Å². The zero-order valence-corrected chi connectivity index (χ0v) is 20.3. The quantitative estimate of drug-likeness (QED) is 0.371. The molecule has 8 nitrogen and oxygen atoms in total. The molecule has 0 fully saturated rings. The maximum Gasteiger partial charge on any atom is 0.407 e. The molecule has 2 atom stereocenters. The highest BCUT2D eigenvalue weighted by atomic mass is 16.5. The lowest BCUT2D eigenvalue weighted by Crippen LogP contribution is -2.42. The van der Waals surface area contributed by atoms with E-state index in [0.717, 1.165) is 22.3 Å². The first kappa shape index (κ1) is 26.2. The van der Waals surface area contributed by atoms with Gasteiger partial charge in [-0.1, -0.05) is 55.5 Å². The number of hydrogen-bond acceptors (Lipinski definition) is 5. The maximum absolute atomic E-state index is 12.5. The fourth-order valence-electron chi connectivity index (χ4n) is 4.45. The summed E-state index contributed by atoms with van der Waals surface area (Å²) in [5, 5.41) is 14.7. The molecule has 0 saturated carbocycles. The van der Waals surface area contributed by atoms with E-state index in [2.05, 4.69) is 34.9 Å². The van der Waals surface area contributed by atoms with Crippen molar-refractivity contribution in [1.29, 1.82) is 0 Å². The summed E-state index contributed by atoms with van der Waals surface area (Å²) in [4.78, 5) is 36.2. The molecule has 3 rings (SSSR count). The van der Waals surface area contributed by atoms with Crippen LogP contribution in [0.5, 0.6) is 0 Å². The summed E-state index contributed by atoms with van der Waals surface area (Å²) >= 11 is 0. The number of benzene rings is 2. The predicted octanol–water partition coefficient (Wildman–Crippen LogP) is 4.08. The smallest absolute Gasteiger partial charge is 0.407 e. The highest BCUT2D eigenvalue weighted by Gasteiger charge is 2.29. The number of carboxylic acid groups (broad SMARTS) is 1. The third-order valence-corrected chi connectivity index (χ3v) is 6.35. The highest BCUT2D eigenvalue weighted by molar-refractivity contribution is 5.83. The van der Waals surface area contributed by atoms with Crippen LogP contribution in [0.25, 0.3) is 11.1 Å². The molecule has 2 unspecified atom stereocenters. The number of fused-ring (bicyclic) bond motifs is 3. The second-order valence-corrected chi connectivity index (χ2v) is 8.71. The van der Waals surface area contributed by atoms with Crippen molar-refractivity contribution in [3.05, 3.63) is 59.7 Å². The molecule has 188 valence electrons. The van der Waals surface area contributed by atoms with Crippen molar-refractivity contribution in [2.45, 2.75) is 57.0 Å². The molecule has 2 amide bonds. The minimum absolute atomic E-state index is 0.0231. The average molecular weight is 483 g/mol. The van der Waals surface area contributed by atoms with Gasteiger partial charge in [-0.2, -0.15) is 0 Å². The molecule has 2 aromatic carbocycles. The Morgan fingerprint density at radius 2 is 1.60 bits per heavy atom. The first-order valence-corrected chi connectivity index (χ1v) is 12.1. The Balaban J connectivity index is 1.48. The largest absolute Gasteiger partial charge is 0.480 e. The molecule has 1 aliphatic rings. The average Bonchev–Trinajstić information content (AvgIpc) is 3.18. The monoisotopic (exact) mass is 482 g/mol. The van der Waals surface area contributed by atoms with Crippen LogP contribution >= 0.6 is 0 Å². The number of carbonyl (C=O) groups excluding carboxylic acids is 2. The molecular weight excluding hydrogens is 448 g/mol. The number of carboxylic acids is 1. The summed E-state index contributed by atoms with van der Waals surface area (Å²) in [6, 6.07) is 15.1. The number of ether oxygens (including phenoxy) is 2. The highest BCUT2D eigenvalue weighted by Crippen LogP contribution is 2.44. The maximum atomic E-state index is 12.5. The van der Waals surface area contributed by atoms with E-state index in [1.54, 1.807) is 7.11 Å². The molecular formula is C27H34N2O6. The lowest BCUT2D eigenvalue weighted by atomic mass is 9.98. The summed E-state index contributed by atoms with van der Waals surface area (Å²) in [6.07, 6.45) is 1.42. The van der Waals surface area contributed by atoms with E-state index in [4.69, 9.17) is 9.47 Å². The van der Waals surface area contributed by atoms with Gasteiger partial charge in [0.25, 0.3) is 0 Å². The van der Waals surface area contributed by atoms with Gasteiger partial charge in [0.2, 0.25) is 5.91 Å². The lowest BCUT2D eigenvalue weighted by molar-refractivity contribution is -0.142. The number of rotatable bonds is 13. The molecule has 0 saturated heterocycles. The summed E-state index contributed by atoms with van der Waals surface area (Å²) in [5.74, 6) is -1.45. The van der Waals surface area contributed by atoms with Crippen molar-refractivity contribution < 1.29 is 29.0 Å². The Bertz CT molecular complexity index is 979. The number of aliphatic carboxylic acids is 1. The van der Waals surface area contributed by atoms with Gasteiger partial charge in [0.15, 0.2) is 0 Å². The third-order valence-electron chi connectivity index (χ3n) is 6.35. The molecule has 35 heavy (non-hydrogen) atoms. The molecule has 0 aromatic heterocycles. The minimum atomic E-state index is -1.07. The lowest BCUT2D eigenvalue weighted by Gasteiger charge is -2.19. The molecule has 8 heteroatoms. The molecule has 0 aliphatic heterocycles. The SMILES string of the molecule is CCC(CCC(=O)NC(CCCOC)C(=O)O)NC(=O)OCC1c2ccccc2-c2ccccc21. The molecule has 0 spiro atoms. The number of amides is 2. The first-order chi connectivity index (χ1) is 16.9. The normalized spacial score (nSPS) is 13.9. The van der Waals surface area contributed by atoms with Crippen LogP contribution in [0.4, 0.5) is 4.79 Å². The van der Waals surface area contributed by atoms with Gasteiger partial charge in [-0.25, -0.2) is 9.59 Å². The van der Waals surface area contributed by atoms with Gasteiger partial charge in [0.05, 0.1) is 0 Å². The Morgan fingerprint density at radius 3 is 2.17 bits per heavy atom. The number of carbonyl (C=O) groups is 3. The van der Waals surface area contributed by atoms with Crippen LogP contribution in [0.1, 0.15) is 56.1 Å². The van der Waals surface area contributed by atoms with Crippen LogP contribution in [0.15, 0.2) is 48.5 Å². The van der Waals surface area contributed by atoms with Crippen molar-refractivity contribution >= 4 is 18.0 Å². The summed E-state index contributed by atoms with van der Waals surface area (Å²) in [6.45, 7) is 2.57. The fourth-order valence-corrected chi connectivity index (χ4v) is 4.45. The Labute approximate surface area is 206 Å². The zero-order chi connectivity index (χ0) is 25.2. The second-order valence-electron chi connectivity index (χ2n) is 8.71. The van der Waals surface area contributed by atoms with E-state index in [0.29, 0.717) is 32.3 Å². The topological polar surface area (TPSA) is 114 Å². The molecule has 0 heterocycles.